The lowest BCUT2D eigenvalue weighted by Gasteiger charge is -2.52. The highest BCUT2D eigenvalue weighted by Gasteiger charge is 2.51. The van der Waals surface area contributed by atoms with Gasteiger partial charge in [-0.25, -0.2) is 0 Å². The molecule has 3 aliphatic rings. The van der Waals surface area contributed by atoms with Crippen molar-refractivity contribution in [3.05, 3.63) is 23.5 Å². The van der Waals surface area contributed by atoms with Crippen molar-refractivity contribution in [2.45, 2.75) is 77.0 Å². The molecule has 3 heterocycles. The SMILES string of the molecule is CCN1CCn2cc(C3CC4(CCCN4C(C)C)C3)cc2C1. The molecule has 2 aliphatic heterocycles. The Morgan fingerprint density at radius 2 is 2.05 bits per heavy atom. The quantitative estimate of drug-likeness (QED) is 0.847. The van der Waals surface area contributed by atoms with Gasteiger partial charge in [-0.05, 0) is 70.2 Å². The number of likely N-dealkylation sites (tertiary alicyclic amines) is 1. The minimum absolute atomic E-state index is 0.552. The third-order valence-electron chi connectivity index (χ3n) is 6.49. The molecule has 0 N–H and O–H groups in total. The van der Waals surface area contributed by atoms with Gasteiger partial charge in [-0.2, -0.15) is 0 Å². The number of rotatable bonds is 3. The van der Waals surface area contributed by atoms with Crippen LogP contribution in [-0.4, -0.2) is 45.6 Å². The number of hydrogen-bond acceptors (Lipinski definition) is 2. The highest BCUT2D eigenvalue weighted by molar-refractivity contribution is 5.29. The lowest BCUT2D eigenvalue weighted by Crippen LogP contribution is -2.55. The first kappa shape index (κ1) is 14.8. The first-order valence-electron chi connectivity index (χ1n) is 9.29. The Labute approximate surface area is 135 Å². The predicted octanol–water partition coefficient (Wildman–Crippen LogP) is 3.44. The van der Waals surface area contributed by atoms with Crippen LogP contribution in [0.3, 0.4) is 0 Å². The average molecular weight is 301 g/mol. The first-order valence-corrected chi connectivity index (χ1v) is 9.29. The minimum atomic E-state index is 0.552. The summed E-state index contributed by atoms with van der Waals surface area (Å²) in [7, 11) is 0. The third-order valence-corrected chi connectivity index (χ3v) is 6.49. The van der Waals surface area contributed by atoms with Crippen LogP contribution in [0.2, 0.25) is 0 Å². The van der Waals surface area contributed by atoms with E-state index in [9.17, 15) is 0 Å². The smallest absolute Gasteiger partial charge is 0.0387 e. The fourth-order valence-electron chi connectivity index (χ4n) is 5.27. The molecule has 0 amide bonds. The van der Waals surface area contributed by atoms with Crippen LogP contribution in [0.15, 0.2) is 12.3 Å². The fourth-order valence-corrected chi connectivity index (χ4v) is 5.27. The molecule has 122 valence electrons. The lowest BCUT2D eigenvalue weighted by atomic mass is 9.64. The molecule has 3 nitrogen and oxygen atoms in total. The van der Waals surface area contributed by atoms with Gasteiger partial charge in [-0.15, -0.1) is 0 Å². The molecule has 1 aromatic heterocycles. The van der Waals surface area contributed by atoms with E-state index in [1.54, 1.807) is 5.56 Å². The van der Waals surface area contributed by atoms with Crippen LogP contribution < -0.4 is 0 Å². The number of fused-ring (bicyclic) bond motifs is 1. The Bertz CT molecular complexity index is 539. The Morgan fingerprint density at radius 1 is 1.23 bits per heavy atom. The van der Waals surface area contributed by atoms with Crippen molar-refractivity contribution in [1.82, 2.24) is 14.4 Å². The summed E-state index contributed by atoms with van der Waals surface area (Å²) in [5.41, 5.74) is 3.71. The highest BCUT2D eigenvalue weighted by atomic mass is 15.3. The van der Waals surface area contributed by atoms with Crippen molar-refractivity contribution in [3.8, 4) is 0 Å². The van der Waals surface area contributed by atoms with Gasteiger partial charge in [-0.3, -0.25) is 9.80 Å². The van der Waals surface area contributed by atoms with Crippen molar-refractivity contribution >= 4 is 0 Å². The van der Waals surface area contributed by atoms with Crippen molar-refractivity contribution in [1.29, 1.82) is 0 Å². The number of hydrogen-bond donors (Lipinski definition) is 0. The van der Waals surface area contributed by atoms with E-state index in [0.717, 1.165) is 12.5 Å². The zero-order valence-electron chi connectivity index (χ0n) is 14.5. The molecule has 2 fully saturated rings. The molecule has 0 unspecified atom stereocenters. The summed E-state index contributed by atoms with van der Waals surface area (Å²) in [6, 6.07) is 3.22. The van der Waals surface area contributed by atoms with Gasteiger partial charge >= 0.3 is 0 Å². The van der Waals surface area contributed by atoms with E-state index in [1.165, 1.54) is 57.6 Å². The van der Waals surface area contributed by atoms with Crippen molar-refractivity contribution in [3.63, 3.8) is 0 Å². The van der Waals surface area contributed by atoms with Gasteiger partial charge in [0.1, 0.15) is 0 Å². The summed E-state index contributed by atoms with van der Waals surface area (Å²) in [6.07, 6.45) is 8.09. The standard InChI is InChI=1S/C19H31N3/c1-4-20-8-9-21-13-16(10-18(21)14-20)17-11-19(12-17)6-5-7-22(19)15(2)3/h10,13,15,17H,4-9,11-12,14H2,1-3H3. The van der Waals surface area contributed by atoms with Crippen LogP contribution in [-0.2, 0) is 13.1 Å². The van der Waals surface area contributed by atoms with E-state index < -0.39 is 0 Å². The zero-order chi connectivity index (χ0) is 15.3. The summed E-state index contributed by atoms with van der Waals surface area (Å²) >= 11 is 0. The molecule has 3 heteroatoms. The summed E-state index contributed by atoms with van der Waals surface area (Å²) in [5, 5.41) is 0. The summed E-state index contributed by atoms with van der Waals surface area (Å²) in [6.45, 7) is 13.1. The second-order valence-corrected chi connectivity index (χ2v) is 8.05. The molecule has 0 radical (unpaired) electrons. The molecule has 22 heavy (non-hydrogen) atoms. The molecule has 1 aromatic rings. The average Bonchev–Trinajstić information content (AvgIpc) is 3.08. The molecule has 1 aliphatic carbocycles. The molecular formula is C19H31N3. The van der Waals surface area contributed by atoms with Crippen LogP contribution in [0, 0.1) is 0 Å². The van der Waals surface area contributed by atoms with Crippen LogP contribution >= 0.6 is 0 Å². The lowest BCUT2D eigenvalue weighted by molar-refractivity contribution is 0.0145. The van der Waals surface area contributed by atoms with Crippen LogP contribution in [0.5, 0.6) is 0 Å². The largest absolute Gasteiger partial charge is 0.349 e. The Hall–Kier alpha value is -0.800. The molecular weight excluding hydrogens is 270 g/mol. The topological polar surface area (TPSA) is 11.4 Å². The normalized spacial score (nSPS) is 32.6. The second kappa shape index (κ2) is 5.38. The van der Waals surface area contributed by atoms with Gasteiger partial charge in [0, 0.05) is 43.1 Å². The molecule has 0 bridgehead atoms. The maximum Gasteiger partial charge on any atom is 0.0387 e. The highest BCUT2D eigenvalue weighted by Crippen LogP contribution is 2.54. The van der Waals surface area contributed by atoms with Crippen molar-refractivity contribution < 1.29 is 0 Å². The third kappa shape index (κ3) is 2.25. The van der Waals surface area contributed by atoms with Gasteiger partial charge in [0.25, 0.3) is 0 Å². The van der Waals surface area contributed by atoms with Gasteiger partial charge < -0.3 is 4.57 Å². The first-order chi connectivity index (χ1) is 10.6. The van der Waals surface area contributed by atoms with Crippen LogP contribution in [0.1, 0.15) is 63.6 Å². The Kier molecular flexibility index (Phi) is 3.61. The van der Waals surface area contributed by atoms with Crippen LogP contribution in [0.25, 0.3) is 0 Å². The van der Waals surface area contributed by atoms with E-state index in [1.807, 2.05) is 0 Å². The number of nitrogens with zero attached hydrogens (tertiary/aromatic N) is 3. The number of likely N-dealkylation sites (N-methyl/N-ethyl adjacent to an activating group) is 1. The predicted molar refractivity (Wildman–Crippen MR) is 91.2 cm³/mol. The van der Waals surface area contributed by atoms with Crippen molar-refractivity contribution in [2.75, 3.05) is 19.6 Å². The molecule has 1 saturated carbocycles. The monoisotopic (exact) mass is 301 g/mol. The molecule has 0 atom stereocenters. The van der Waals surface area contributed by atoms with Gasteiger partial charge in [0.2, 0.25) is 0 Å². The fraction of sp³-hybridized carbons (Fsp3) is 0.789. The Balaban J connectivity index is 1.46. The maximum absolute atomic E-state index is 2.79. The van der Waals surface area contributed by atoms with Gasteiger partial charge in [0.15, 0.2) is 0 Å². The zero-order valence-corrected chi connectivity index (χ0v) is 14.5. The Morgan fingerprint density at radius 3 is 2.77 bits per heavy atom. The molecule has 1 spiro atoms. The van der Waals surface area contributed by atoms with E-state index in [-0.39, 0.29) is 0 Å². The van der Waals surface area contributed by atoms with Gasteiger partial charge in [0.05, 0.1) is 0 Å². The molecule has 4 rings (SSSR count). The number of aromatic nitrogens is 1. The summed E-state index contributed by atoms with van der Waals surface area (Å²) in [4.78, 5) is 5.34. The van der Waals surface area contributed by atoms with E-state index in [0.29, 0.717) is 11.6 Å². The molecule has 1 saturated heterocycles. The van der Waals surface area contributed by atoms with E-state index in [4.69, 9.17) is 0 Å². The summed E-state index contributed by atoms with van der Waals surface area (Å²) in [5.74, 6) is 0.813. The van der Waals surface area contributed by atoms with E-state index >= 15 is 0 Å². The van der Waals surface area contributed by atoms with E-state index in [2.05, 4.69) is 47.4 Å². The minimum Gasteiger partial charge on any atom is -0.349 e. The van der Waals surface area contributed by atoms with Crippen LogP contribution in [0.4, 0.5) is 0 Å². The van der Waals surface area contributed by atoms with Crippen molar-refractivity contribution in [2.24, 2.45) is 0 Å². The van der Waals surface area contributed by atoms with Gasteiger partial charge in [-0.1, -0.05) is 6.92 Å². The maximum atomic E-state index is 2.79. The summed E-state index contributed by atoms with van der Waals surface area (Å²) < 4.78 is 2.52. The second-order valence-electron chi connectivity index (χ2n) is 8.05. The molecule has 0 aromatic carbocycles.